The maximum Gasteiger partial charge on any atom is 0.317 e. The molecule has 3 aromatic carbocycles. The molecule has 0 bridgehead atoms. The first-order chi connectivity index (χ1) is 17.5. The first-order valence-electron chi connectivity index (χ1n) is 12.1. The Labute approximate surface area is 207 Å². The van der Waals surface area contributed by atoms with Crippen LogP contribution in [0, 0.1) is 5.82 Å². The van der Waals surface area contributed by atoms with Crippen LogP contribution in [-0.2, 0) is 13.1 Å². The summed E-state index contributed by atoms with van der Waals surface area (Å²) in [6, 6.07) is 21.0. The molecule has 36 heavy (non-hydrogen) atoms. The number of rotatable bonds is 5. The second-order valence-corrected chi connectivity index (χ2v) is 8.88. The monoisotopic (exact) mass is 486 g/mol. The van der Waals surface area contributed by atoms with Gasteiger partial charge < -0.3 is 14.4 Å². The van der Waals surface area contributed by atoms with Gasteiger partial charge in [0, 0.05) is 44.0 Å². The summed E-state index contributed by atoms with van der Waals surface area (Å²) in [4.78, 5) is 42.5. The topological polar surface area (TPSA) is 67.5 Å². The Balaban J connectivity index is 1.30. The van der Waals surface area contributed by atoms with Gasteiger partial charge in [0.25, 0.3) is 5.91 Å². The molecule has 1 aromatic heterocycles. The molecule has 1 aliphatic heterocycles. The Bertz CT molecular complexity index is 1520. The van der Waals surface area contributed by atoms with Gasteiger partial charge in [0.05, 0.1) is 17.6 Å². The van der Waals surface area contributed by atoms with Gasteiger partial charge >= 0.3 is 11.1 Å². The SMILES string of the molecule is CCn1c(=O)c(=O)n(Cc2ccc(C(=O)N3CCN(c4ccc(F)cc4)CC3)cc2)c2ccccc21. The average molecular weight is 487 g/mol. The van der Waals surface area contributed by atoms with Crippen LogP contribution in [0.3, 0.4) is 0 Å². The zero-order valence-corrected chi connectivity index (χ0v) is 20.1. The van der Waals surface area contributed by atoms with Gasteiger partial charge in [-0.05, 0) is 61.0 Å². The lowest BCUT2D eigenvalue weighted by atomic mass is 10.1. The van der Waals surface area contributed by atoms with Crippen molar-refractivity contribution in [1.82, 2.24) is 14.0 Å². The van der Waals surface area contributed by atoms with Crippen LogP contribution in [0.1, 0.15) is 22.8 Å². The van der Waals surface area contributed by atoms with Crippen molar-refractivity contribution in [1.29, 1.82) is 0 Å². The van der Waals surface area contributed by atoms with Crippen LogP contribution in [0.25, 0.3) is 11.0 Å². The Kier molecular flexibility index (Phi) is 6.41. The Morgan fingerprint density at radius 3 is 1.97 bits per heavy atom. The van der Waals surface area contributed by atoms with Crippen molar-refractivity contribution in [2.45, 2.75) is 20.0 Å². The fraction of sp³-hybridized carbons (Fsp3) is 0.250. The molecule has 184 valence electrons. The second-order valence-electron chi connectivity index (χ2n) is 8.88. The third kappa shape index (κ3) is 4.42. The number of fused-ring (bicyclic) bond motifs is 1. The van der Waals surface area contributed by atoms with E-state index in [2.05, 4.69) is 4.90 Å². The van der Waals surface area contributed by atoms with Crippen molar-refractivity contribution in [3.05, 3.63) is 110 Å². The van der Waals surface area contributed by atoms with Gasteiger partial charge in [-0.15, -0.1) is 0 Å². The van der Waals surface area contributed by atoms with Gasteiger partial charge in [-0.1, -0.05) is 24.3 Å². The normalized spacial score (nSPS) is 13.8. The third-order valence-electron chi connectivity index (χ3n) is 6.75. The van der Waals surface area contributed by atoms with E-state index in [-0.39, 0.29) is 18.3 Å². The standard InChI is InChI=1S/C28H27FN4O3/c1-2-32-24-5-3-4-6-25(24)33(28(36)27(32)35)19-20-7-9-21(10-8-20)26(34)31-17-15-30(16-18-31)23-13-11-22(29)12-14-23/h3-14H,2,15-19H2,1H3. The van der Waals surface area contributed by atoms with Crippen molar-refractivity contribution in [3.63, 3.8) is 0 Å². The van der Waals surface area contributed by atoms with E-state index in [1.807, 2.05) is 48.2 Å². The van der Waals surface area contributed by atoms with Gasteiger partial charge in [0.1, 0.15) is 5.82 Å². The minimum absolute atomic E-state index is 0.0477. The number of halogens is 1. The first-order valence-corrected chi connectivity index (χ1v) is 12.1. The first kappa shape index (κ1) is 23.5. The number of piperazine rings is 1. The number of benzene rings is 3. The lowest BCUT2D eigenvalue weighted by molar-refractivity contribution is 0.0747. The maximum absolute atomic E-state index is 13.2. The van der Waals surface area contributed by atoms with Crippen molar-refractivity contribution in [2.75, 3.05) is 31.1 Å². The summed E-state index contributed by atoms with van der Waals surface area (Å²) in [6.07, 6.45) is 0. The van der Waals surface area contributed by atoms with Gasteiger partial charge in [-0.3, -0.25) is 19.0 Å². The van der Waals surface area contributed by atoms with Crippen molar-refractivity contribution in [2.24, 2.45) is 0 Å². The molecule has 1 saturated heterocycles. The third-order valence-corrected chi connectivity index (χ3v) is 6.75. The van der Waals surface area contributed by atoms with Crippen LogP contribution in [-0.4, -0.2) is 46.1 Å². The van der Waals surface area contributed by atoms with Crippen LogP contribution >= 0.6 is 0 Å². The number of hydrogen-bond acceptors (Lipinski definition) is 4. The molecule has 0 aliphatic carbocycles. The van der Waals surface area contributed by atoms with Gasteiger partial charge in [-0.2, -0.15) is 0 Å². The molecular weight excluding hydrogens is 459 g/mol. The fourth-order valence-electron chi connectivity index (χ4n) is 4.78. The number of carbonyl (C=O) groups is 1. The highest BCUT2D eigenvalue weighted by Gasteiger charge is 2.22. The molecule has 0 saturated carbocycles. The van der Waals surface area contributed by atoms with E-state index >= 15 is 0 Å². The average Bonchev–Trinajstić information content (AvgIpc) is 2.92. The van der Waals surface area contributed by atoms with Gasteiger partial charge in [-0.25, -0.2) is 4.39 Å². The number of para-hydroxylation sites is 2. The molecule has 4 aromatic rings. The van der Waals surface area contributed by atoms with E-state index < -0.39 is 11.1 Å². The molecule has 7 nitrogen and oxygen atoms in total. The molecular formula is C28H27FN4O3. The predicted octanol–water partition coefficient (Wildman–Crippen LogP) is 3.33. The molecule has 5 rings (SSSR count). The number of aromatic nitrogens is 2. The van der Waals surface area contributed by atoms with Crippen LogP contribution in [0.2, 0.25) is 0 Å². The van der Waals surface area contributed by atoms with Crippen molar-refractivity contribution in [3.8, 4) is 0 Å². The molecule has 0 radical (unpaired) electrons. The molecule has 0 spiro atoms. The Hall–Kier alpha value is -4.20. The lowest BCUT2D eigenvalue weighted by Gasteiger charge is -2.36. The molecule has 1 amide bonds. The van der Waals surface area contributed by atoms with Crippen LogP contribution in [0.4, 0.5) is 10.1 Å². The fourth-order valence-corrected chi connectivity index (χ4v) is 4.78. The molecule has 0 atom stereocenters. The van der Waals surface area contributed by atoms with E-state index in [0.717, 1.165) is 16.8 Å². The number of carbonyl (C=O) groups excluding carboxylic acids is 1. The largest absolute Gasteiger partial charge is 0.368 e. The van der Waals surface area contributed by atoms with E-state index in [0.29, 0.717) is 43.8 Å². The quantitative estimate of drug-likeness (QED) is 0.406. The molecule has 2 heterocycles. The minimum Gasteiger partial charge on any atom is -0.368 e. The maximum atomic E-state index is 13.2. The zero-order chi connectivity index (χ0) is 25.2. The lowest BCUT2D eigenvalue weighted by Crippen LogP contribution is -2.48. The Morgan fingerprint density at radius 2 is 1.36 bits per heavy atom. The summed E-state index contributed by atoms with van der Waals surface area (Å²) in [5.41, 5.74) is 2.67. The summed E-state index contributed by atoms with van der Waals surface area (Å²) < 4.78 is 16.2. The summed E-state index contributed by atoms with van der Waals surface area (Å²) in [5.74, 6) is -0.312. The highest BCUT2D eigenvalue weighted by molar-refractivity contribution is 5.94. The highest BCUT2D eigenvalue weighted by atomic mass is 19.1. The number of hydrogen-bond donors (Lipinski definition) is 0. The molecule has 1 fully saturated rings. The molecule has 8 heteroatoms. The van der Waals surface area contributed by atoms with Crippen LogP contribution in [0.5, 0.6) is 0 Å². The molecule has 1 aliphatic rings. The van der Waals surface area contributed by atoms with Crippen LogP contribution < -0.4 is 16.0 Å². The smallest absolute Gasteiger partial charge is 0.317 e. The molecule has 0 unspecified atom stereocenters. The van der Waals surface area contributed by atoms with Crippen molar-refractivity contribution >= 4 is 22.6 Å². The highest BCUT2D eigenvalue weighted by Crippen LogP contribution is 2.19. The van der Waals surface area contributed by atoms with Gasteiger partial charge in [0.15, 0.2) is 0 Å². The summed E-state index contributed by atoms with van der Waals surface area (Å²) >= 11 is 0. The number of amides is 1. The zero-order valence-electron chi connectivity index (χ0n) is 20.1. The second kappa shape index (κ2) is 9.81. The number of aryl methyl sites for hydroxylation is 1. The van der Waals surface area contributed by atoms with Crippen molar-refractivity contribution < 1.29 is 9.18 Å². The predicted molar refractivity (Wildman–Crippen MR) is 138 cm³/mol. The summed E-state index contributed by atoms with van der Waals surface area (Å²) in [6.45, 7) is 5.01. The van der Waals surface area contributed by atoms with E-state index in [1.165, 1.54) is 21.3 Å². The summed E-state index contributed by atoms with van der Waals surface area (Å²) in [5, 5.41) is 0. The number of nitrogens with zero attached hydrogens (tertiary/aromatic N) is 4. The minimum atomic E-state index is -0.560. The van der Waals surface area contributed by atoms with E-state index in [9.17, 15) is 18.8 Å². The Morgan fingerprint density at radius 1 is 0.778 bits per heavy atom. The van der Waals surface area contributed by atoms with E-state index in [4.69, 9.17) is 0 Å². The van der Waals surface area contributed by atoms with E-state index in [1.54, 1.807) is 24.3 Å². The van der Waals surface area contributed by atoms with Gasteiger partial charge in [0.2, 0.25) is 0 Å². The van der Waals surface area contributed by atoms with Crippen LogP contribution in [0.15, 0.2) is 82.4 Å². The summed E-state index contributed by atoms with van der Waals surface area (Å²) in [7, 11) is 0. The number of anilines is 1. The molecule has 0 N–H and O–H groups in total.